The second kappa shape index (κ2) is 10.6. The molecule has 170 valence electrons. The molecule has 2 aromatic heterocycles. The molecule has 0 aliphatic carbocycles. The standard InChI is InChI=1S/C23H20F2N4O2S2/c1-15(21(30)26-17-10-5-6-11-18(17)31-22(24)25)33-23-28-27-20(19-12-7-13-32-19)29(23)14-16-8-3-2-4-9-16/h2-13,15,22H,14H2,1H3,(H,26,30). The predicted octanol–water partition coefficient (Wildman–Crippen LogP) is 5.78. The van der Waals surface area contributed by atoms with Crippen LogP contribution in [0.2, 0.25) is 0 Å². The zero-order valence-electron chi connectivity index (χ0n) is 17.5. The first-order valence-corrected chi connectivity index (χ1v) is 11.8. The molecular weight excluding hydrogens is 466 g/mol. The van der Waals surface area contributed by atoms with Crippen molar-refractivity contribution in [2.45, 2.75) is 30.5 Å². The van der Waals surface area contributed by atoms with Gasteiger partial charge in [-0.3, -0.25) is 9.36 Å². The van der Waals surface area contributed by atoms with E-state index in [9.17, 15) is 13.6 Å². The summed E-state index contributed by atoms with van der Waals surface area (Å²) in [7, 11) is 0. The summed E-state index contributed by atoms with van der Waals surface area (Å²) in [6.45, 7) is -0.715. The van der Waals surface area contributed by atoms with Gasteiger partial charge in [0, 0.05) is 0 Å². The monoisotopic (exact) mass is 486 g/mol. The van der Waals surface area contributed by atoms with E-state index in [2.05, 4.69) is 20.3 Å². The predicted molar refractivity (Wildman–Crippen MR) is 126 cm³/mol. The van der Waals surface area contributed by atoms with Crippen molar-refractivity contribution >= 4 is 34.7 Å². The molecule has 0 aliphatic heterocycles. The summed E-state index contributed by atoms with van der Waals surface area (Å²) in [5, 5.41) is 13.4. The number of thiophene rings is 1. The van der Waals surface area contributed by atoms with Crippen molar-refractivity contribution in [1.29, 1.82) is 0 Å². The number of nitrogens with zero attached hydrogens (tertiary/aromatic N) is 3. The van der Waals surface area contributed by atoms with Crippen LogP contribution in [-0.4, -0.2) is 32.5 Å². The van der Waals surface area contributed by atoms with Gasteiger partial charge in [0.2, 0.25) is 5.91 Å². The molecule has 33 heavy (non-hydrogen) atoms. The summed E-state index contributed by atoms with van der Waals surface area (Å²) < 4.78 is 31.8. The van der Waals surface area contributed by atoms with Gasteiger partial charge in [0.1, 0.15) is 5.75 Å². The third-order valence-electron chi connectivity index (χ3n) is 4.65. The van der Waals surface area contributed by atoms with E-state index < -0.39 is 11.9 Å². The van der Waals surface area contributed by atoms with Crippen molar-refractivity contribution in [2.24, 2.45) is 0 Å². The van der Waals surface area contributed by atoms with Crippen molar-refractivity contribution < 1.29 is 18.3 Å². The van der Waals surface area contributed by atoms with Crippen LogP contribution in [0.25, 0.3) is 10.7 Å². The van der Waals surface area contributed by atoms with Crippen LogP contribution in [-0.2, 0) is 11.3 Å². The second-order valence-electron chi connectivity index (χ2n) is 6.98. The Bertz CT molecular complexity index is 1200. The zero-order valence-corrected chi connectivity index (χ0v) is 19.2. The molecule has 1 N–H and O–H groups in total. The van der Waals surface area contributed by atoms with E-state index >= 15 is 0 Å². The summed E-state index contributed by atoms with van der Waals surface area (Å²) in [5.74, 6) is 0.266. The molecule has 2 aromatic carbocycles. The molecule has 1 amide bonds. The number of hydrogen-bond donors (Lipinski definition) is 1. The van der Waals surface area contributed by atoms with Crippen LogP contribution in [0, 0.1) is 0 Å². The normalized spacial score (nSPS) is 12.0. The minimum absolute atomic E-state index is 0.0923. The van der Waals surface area contributed by atoms with Crippen molar-refractivity contribution in [2.75, 3.05) is 5.32 Å². The summed E-state index contributed by atoms with van der Waals surface area (Å²) in [4.78, 5) is 13.8. The molecule has 6 nitrogen and oxygen atoms in total. The minimum Gasteiger partial charge on any atom is -0.433 e. The molecule has 1 unspecified atom stereocenters. The first kappa shape index (κ1) is 22.9. The van der Waals surface area contributed by atoms with Gasteiger partial charge < -0.3 is 10.1 Å². The molecule has 0 saturated heterocycles. The van der Waals surface area contributed by atoms with Gasteiger partial charge in [-0.15, -0.1) is 21.5 Å². The Morgan fingerprint density at radius 1 is 1.09 bits per heavy atom. The van der Waals surface area contributed by atoms with Crippen molar-refractivity contribution in [3.63, 3.8) is 0 Å². The van der Waals surface area contributed by atoms with Crippen molar-refractivity contribution in [3.8, 4) is 16.5 Å². The minimum atomic E-state index is -2.98. The molecule has 2 heterocycles. The number of benzene rings is 2. The van der Waals surface area contributed by atoms with Gasteiger partial charge in [-0.2, -0.15) is 8.78 Å². The van der Waals surface area contributed by atoms with Crippen LogP contribution in [0.1, 0.15) is 12.5 Å². The fourth-order valence-electron chi connectivity index (χ4n) is 3.09. The van der Waals surface area contributed by atoms with Gasteiger partial charge in [0.25, 0.3) is 0 Å². The molecule has 1 atom stereocenters. The first-order chi connectivity index (χ1) is 16.0. The number of halogens is 2. The molecule has 4 aromatic rings. The molecule has 10 heteroatoms. The van der Waals surface area contributed by atoms with Crippen LogP contribution in [0.3, 0.4) is 0 Å². The second-order valence-corrected chi connectivity index (χ2v) is 9.23. The lowest BCUT2D eigenvalue weighted by Crippen LogP contribution is -2.23. The smallest absolute Gasteiger partial charge is 0.387 e. The number of para-hydroxylation sites is 2. The zero-order chi connectivity index (χ0) is 23.2. The number of hydrogen-bond acceptors (Lipinski definition) is 6. The first-order valence-electron chi connectivity index (χ1n) is 10.0. The number of thioether (sulfide) groups is 1. The number of rotatable bonds is 9. The van der Waals surface area contributed by atoms with Gasteiger partial charge in [-0.25, -0.2) is 0 Å². The average Bonchev–Trinajstić information content (AvgIpc) is 3.46. The van der Waals surface area contributed by atoms with Crippen LogP contribution in [0.15, 0.2) is 77.3 Å². The average molecular weight is 487 g/mol. The number of amides is 1. The van der Waals surface area contributed by atoms with Gasteiger partial charge >= 0.3 is 6.61 Å². The molecule has 4 rings (SSSR count). The van der Waals surface area contributed by atoms with Crippen LogP contribution in [0.4, 0.5) is 14.5 Å². The quantitative estimate of drug-likeness (QED) is 0.304. The van der Waals surface area contributed by atoms with Gasteiger partial charge in [0.15, 0.2) is 11.0 Å². The highest BCUT2D eigenvalue weighted by Crippen LogP contribution is 2.31. The largest absolute Gasteiger partial charge is 0.433 e. The number of anilines is 1. The van der Waals surface area contributed by atoms with E-state index in [1.54, 1.807) is 30.4 Å². The number of aromatic nitrogens is 3. The fourth-order valence-corrected chi connectivity index (χ4v) is 4.65. The van der Waals surface area contributed by atoms with Gasteiger partial charge in [0.05, 0.1) is 22.4 Å². The molecule has 0 bridgehead atoms. The SMILES string of the molecule is CC(Sc1nnc(-c2cccs2)n1Cc1ccccc1)C(=O)Nc1ccccc1OC(F)F. The van der Waals surface area contributed by atoms with E-state index in [1.807, 2.05) is 52.4 Å². The highest BCUT2D eigenvalue weighted by atomic mass is 32.2. The number of carbonyl (C=O) groups excluding carboxylic acids is 1. The maximum Gasteiger partial charge on any atom is 0.387 e. The lowest BCUT2D eigenvalue weighted by molar-refractivity contribution is -0.115. The Hall–Kier alpha value is -3.24. The van der Waals surface area contributed by atoms with E-state index in [1.165, 1.54) is 23.9 Å². The lowest BCUT2D eigenvalue weighted by atomic mass is 10.2. The van der Waals surface area contributed by atoms with Crippen LogP contribution < -0.4 is 10.1 Å². The summed E-state index contributed by atoms with van der Waals surface area (Å²) in [6, 6.07) is 19.9. The summed E-state index contributed by atoms with van der Waals surface area (Å²) in [6.07, 6.45) is 0. The molecule has 0 aliphatic rings. The number of alkyl halides is 2. The van der Waals surface area contributed by atoms with E-state index in [-0.39, 0.29) is 17.3 Å². The topological polar surface area (TPSA) is 69.0 Å². The molecular formula is C23H20F2N4O2S2. The maximum atomic E-state index is 12.8. The Morgan fingerprint density at radius 2 is 1.85 bits per heavy atom. The lowest BCUT2D eigenvalue weighted by Gasteiger charge is -2.15. The van der Waals surface area contributed by atoms with E-state index in [0.29, 0.717) is 11.7 Å². The Labute approximate surface area is 197 Å². The van der Waals surface area contributed by atoms with Crippen LogP contribution >= 0.6 is 23.1 Å². The highest BCUT2D eigenvalue weighted by Gasteiger charge is 2.22. The summed E-state index contributed by atoms with van der Waals surface area (Å²) >= 11 is 2.81. The molecule has 0 saturated carbocycles. The number of carbonyl (C=O) groups is 1. The molecule has 0 radical (unpaired) electrons. The fraction of sp³-hybridized carbons (Fsp3) is 0.174. The van der Waals surface area contributed by atoms with E-state index in [0.717, 1.165) is 16.3 Å². The third-order valence-corrected chi connectivity index (χ3v) is 6.60. The number of ether oxygens (including phenoxy) is 1. The Morgan fingerprint density at radius 3 is 2.58 bits per heavy atom. The Kier molecular flexibility index (Phi) is 7.36. The molecule has 0 spiro atoms. The third kappa shape index (κ3) is 5.77. The van der Waals surface area contributed by atoms with Gasteiger partial charge in [-0.1, -0.05) is 60.3 Å². The van der Waals surface area contributed by atoms with Crippen molar-refractivity contribution in [1.82, 2.24) is 14.8 Å². The van der Waals surface area contributed by atoms with Gasteiger partial charge in [-0.05, 0) is 36.1 Å². The highest BCUT2D eigenvalue weighted by molar-refractivity contribution is 8.00. The Balaban J connectivity index is 1.54. The number of nitrogens with one attached hydrogen (secondary N) is 1. The maximum absolute atomic E-state index is 12.8. The van der Waals surface area contributed by atoms with Crippen LogP contribution in [0.5, 0.6) is 5.75 Å². The van der Waals surface area contributed by atoms with Crippen molar-refractivity contribution in [3.05, 3.63) is 77.7 Å². The summed E-state index contributed by atoms with van der Waals surface area (Å²) in [5.41, 5.74) is 1.26. The van der Waals surface area contributed by atoms with E-state index in [4.69, 9.17) is 0 Å². The molecule has 0 fully saturated rings.